The maximum absolute atomic E-state index is 12.6. The van der Waals surface area contributed by atoms with E-state index in [9.17, 15) is 18.0 Å². The zero-order valence-electron chi connectivity index (χ0n) is 12.5. The van der Waals surface area contributed by atoms with E-state index < -0.39 is 17.6 Å². The zero-order chi connectivity index (χ0) is 17.0. The summed E-state index contributed by atoms with van der Waals surface area (Å²) in [6.07, 6.45) is -3.60. The number of carbonyl (C=O) groups excluding carboxylic acids is 1. The topological polar surface area (TPSA) is 52.3 Å². The molecule has 0 aliphatic rings. The van der Waals surface area contributed by atoms with Crippen LogP contribution in [0.3, 0.4) is 0 Å². The van der Waals surface area contributed by atoms with Gasteiger partial charge in [0.15, 0.2) is 0 Å². The molecule has 6 heteroatoms. The van der Waals surface area contributed by atoms with Gasteiger partial charge in [-0.15, -0.1) is 0 Å². The molecule has 0 aliphatic carbocycles. The maximum Gasteiger partial charge on any atom is 0.416 e. The standard InChI is InChI=1S/C17H16F3NO2/c1-2-9-23-15-8-5-12(10-14(15)16(21)22)11-3-6-13(7-4-11)17(18,19)20/h3-8,10H,2,9H2,1H3,(H2,21,22). The van der Waals surface area contributed by atoms with Crippen LogP contribution in [0.15, 0.2) is 42.5 Å². The molecule has 0 unspecified atom stereocenters. The van der Waals surface area contributed by atoms with E-state index in [-0.39, 0.29) is 5.56 Å². The molecule has 0 radical (unpaired) electrons. The summed E-state index contributed by atoms with van der Waals surface area (Å²) >= 11 is 0. The van der Waals surface area contributed by atoms with Gasteiger partial charge in [-0.3, -0.25) is 4.79 Å². The van der Waals surface area contributed by atoms with Crippen molar-refractivity contribution in [2.24, 2.45) is 5.73 Å². The van der Waals surface area contributed by atoms with Crippen LogP contribution < -0.4 is 10.5 Å². The normalized spacial score (nSPS) is 11.3. The molecule has 122 valence electrons. The quantitative estimate of drug-likeness (QED) is 0.894. The van der Waals surface area contributed by atoms with E-state index in [2.05, 4.69) is 0 Å². The van der Waals surface area contributed by atoms with E-state index in [4.69, 9.17) is 10.5 Å². The van der Waals surface area contributed by atoms with Crippen molar-refractivity contribution in [3.8, 4) is 16.9 Å². The number of halogens is 3. The first-order valence-electron chi connectivity index (χ1n) is 7.07. The Hall–Kier alpha value is -2.50. The number of ether oxygens (including phenoxy) is 1. The van der Waals surface area contributed by atoms with Crippen molar-refractivity contribution in [2.45, 2.75) is 19.5 Å². The van der Waals surface area contributed by atoms with Crippen molar-refractivity contribution < 1.29 is 22.7 Å². The number of hydrogen-bond acceptors (Lipinski definition) is 2. The molecule has 1 amide bonds. The number of hydrogen-bond donors (Lipinski definition) is 1. The number of primary amides is 1. The Labute approximate surface area is 131 Å². The Balaban J connectivity index is 2.36. The monoisotopic (exact) mass is 323 g/mol. The number of carbonyl (C=O) groups is 1. The van der Waals surface area contributed by atoms with E-state index in [0.717, 1.165) is 18.6 Å². The first-order valence-corrected chi connectivity index (χ1v) is 7.07. The van der Waals surface area contributed by atoms with Gasteiger partial charge in [0.25, 0.3) is 5.91 Å². The fraction of sp³-hybridized carbons (Fsp3) is 0.235. The number of amides is 1. The van der Waals surface area contributed by atoms with Gasteiger partial charge in [-0.25, -0.2) is 0 Å². The third-order valence-electron chi connectivity index (χ3n) is 3.25. The highest BCUT2D eigenvalue weighted by atomic mass is 19.4. The van der Waals surface area contributed by atoms with Gasteiger partial charge in [-0.1, -0.05) is 25.1 Å². The van der Waals surface area contributed by atoms with Gasteiger partial charge in [0.2, 0.25) is 0 Å². The molecule has 0 aliphatic heterocycles. The first-order chi connectivity index (χ1) is 10.8. The Bertz CT molecular complexity index is 694. The van der Waals surface area contributed by atoms with Crippen LogP contribution in [0.5, 0.6) is 5.75 Å². The second-order valence-electron chi connectivity index (χ2n) is 5.00. The first kappa shape index (κ1) is 16.9. The molecule has 2 aromatic carbocycles. The van der Waals surface area contributed by atoms with E-state index in [1.54, 1.807) is 12.1 Å². The van der Waals surface area contributed by atoms with Crippen molar-refractivity contribution in [3.63, 3.8) is 0 Å². The molecule has 2 rings (SSSR count). The molecule has 0 spiro atoms. The highest BCUT2D eigenvalue weighted by Crippen LogP contribution is 2.32. The van der Waals surface area contributed by atoms with Crippen LogP contribution in [0.1, 0.15) is 29.3 Å². The minimum absolute atomic E-state index is 0.204. The van der Waals surface area contributed by atoms with Gasteiger partial charge in [0.1, 0.15) is 5.75 Å². The molecular weight excluding hydrogens is 307 g/mol. The Kier molecular flexibility index (Phi) is 4.93. The highest BCUT2D eigenvalue weighted by Gasteiger charge is 2.30. The second-order valence-corrected chi connectivity index (χ2v) is 5.00. The Morgan fingerprint density at radius 2 is 1.70 bits per heavy atom. The molecule has 2 N–H and O–H groups in total. The minimum Gasteiger partial charge on any atom is -0.493 e. The fourth-order valence-electron chi connectivity index (χ4n) is 2.09. The predicted octanol–water partition coefficient (Wildman–Crippen LogP) is 4.26. The van der Waals surface area contributed by atoms with E-state index >= 15 is 0 Å². The van der Waals surface area contributed by atoms with Gasteiger partial charge in [0, 0.05) is 0 Å². The lowest BCUT2D eigenvalue weighted by Gasteiger charge is -2.12. The molecule has 2 aromatic rings. The summed E-state index contributed by atoms with van der Waals surface area (Å²) in [6.45, 7) is 2.38. The van der Waals surface area contributed by atoms with Crippen molar-refractivity contribution in [1.82, 2.24) is 0 Å². The van der Waals surface area contributed by atoms with Gasteiger partial charge in [-0.05, 0) is 41.8 Å². The molecule has 0 bridgehead atoms. The number of rotatable bonds is 5. The van der Waals surface area contributed by atoms with Crippen LogP contribution >= 0.6 is 0 Å². The number of benzene rings is 2. The lowest BCUT2D eigenvalue weighted by molar-refractivity contribution is -0.137. The van der Waals surface area contributed by atoms with Crippen LogP contribution in [0.25, 0.3) is 11.1 Å². The van der Waals surface area contributed by atoms with Gasteiger partial charge in [-0.2, -0.15) is 13.2 Å². The highest BCUT2D eigenvalue weighted by molar-refractivity contribution is 5.97. The second kappa shape index (κ2) is 6.73. The molecule has 0 saturated heterocycles. The van der Waals surface area contributed by atoms with Crippen molar-refractivity contribution in [1.29, 1.82) is 0 Å². The predicted molar refractivity (Wildman–Crippen MR) is 81.2 cm³/mol. The molecule has 3 nitrogen and oxygen atoms in total. The van der Waals surface area contributed by atoms with E-state index in [1.807, 2.05) is 6.92 Å². The van der Waals surface area contributed by atoms with Gasteiger partial charge in [0.05, 0.1) is 17.7 Å². The molecule has 23 heavy (non-hydrogen) atoms. The molecule has 0 heterocycles. The lowest BCUT2D eigenvalue weighted by Crippen LogP contribution is -2.13. The van der Waals surface area contributed by atoms with Crippen LogP contribution in [-0.2, 0) is 6.18 Å². The van der Waals surface area contributed by atoms with Crippen LogP contribution in [-0.4, -0.2) is 12.5 Å². The number of nitrogens with two attached hydrogens (primary N) is 1. The number of alkyl halides is 3. The van der Waals surface area contributed by atoms with Crippen molar-refractivity contribution in [3.05, 3.63) is 53.6 Å². The third kappa shape index (κ3) is 4.03. The molecule has 0 aromatic heterocycles. The summed E-state index contributed by atoms with van der Waals surface area (Å²) in [5, 5.41) is 0. The SMILES string of the molecule is CCCOc1ccc(-c2ccc(C(F)(F)F)cc2)cc1C(N)=O. The van der Waals surface area contributed by atoms with Crippen LogP contribution in [0.4, 0.5) is 13.2 Å². The summed E-state index contributed by atoms with van der Waals surface area (Å²) in [7, 11) is 0. The van der Waals surface area contributed by atoms with Gasteiger partial charge < -0.3 is 10.5 Å². The smallest absolute Gasteiger partial charge is 0.416 e. The molecular formula is C17H16F3NO2. The van der Waals surface area contributed by atoms with Gasteiger partial charge >= 0.3 is 6.18 Å². The Morgan fingerprint density at radius 1 is 1.09 bits per heavy atom. The summed E-state index contributed by atoms with van der Waals surface area (Å²) in [6, 6.07) is 9.52. The maximum atomic E-state index is 12.6. The minimum atomic E-state index is -4.38. The molecule has 0 fully saturated rings. The summed E-state index contributed by atoms with van der Waals surface area (Å²) in [4.78, 5) is 11.5. The Morgan fingerprint density at radius 3 is 2.22 bits per heavy atom. The fourth-order valence-corrected chi connectivity index (χ4v) is 2.09. The molecule has 0 saturated carbocycles. The van der Waals surface area contributed by atoms with Crippen molar-refractivity contribution in [2.75, 3.05) is 6.61 Å². The van der Waals surface area contributed by atoms with Crippen molar-refractivity contribution >= 4 is 5.91 Å². The average Bonchev–Trinajstić information content (AvgIpc) is 2.52. The summed E-state index contributed by atoms with van der Waals surface area (Å²) in [5.74, 6) is -0.278. The lowest BCUT2D eigenvalue weighted by atomic mass is 10.0. The summed E-state index contributed by atoms with van der Waals surface area (Å²) < 4.78 is 43.2. The third-order valence-corrected chi connectivity index (χ3v) is 3.25. The van der Waals surface area contributed by atoms with E-state index in [0.29, 0.717) is 23.5 Å². The van der Waals surface area contributed by atoms with E-state index in [1.165, 1.54) is 18.2 Å². The average molecular weight is 323 g/mol. The molecule has 0 atom stereocenters. The largest absolute Gasteiger partial charge is 0.493 e. The van der Waals surface area contributed by atoms with Crippen LogP contribution in [0, 0.1) is 0 Å². The van der Waals surface area contributed by atoms with Crippen LogP contribution in [0.2, 0.25) is 0 Å². The zero-order valence-corrected chi connectivity index (χ0v) is 12.5. The summed E-state index contributed by atoms with van der Waals surface area (Å²) in [5.41, 5.74) is 5.98.